The van der Waals surface area contributed by atoms with E-state index < -0.39 is 0 Å². The van der Waals surface area contributed by atoms with Gasteiger partial charge in [-0.25, -0.2) is 4.98 Å². The molecule has 0 aliphatic heterocycles. The topological polar surface area (TPSA) is 76.7 Å². The van der Waals surface area contributed by atoms with Gasteiger partial charge in [0.05, 0.1) is 0 Å². The van der Waals surface area contributed by atoms with Crippen LogP contribution in [-0.2, 0) is 0 Å². The predicted molar refractivity (Wildman–Crippen MR) is 47.0 cm³/mol. The first-order valence-corrected chi connectivity index (χ1v) is 4.39. The van der Waals surface area contributed by atoms with Gasteiger partial charge in [0, 0.05) is 11.5 Å². The highest BCUT2D eigenvalue weighted by molar-refractivity contribution is 7.09. The Balaban J connectivity index is 2.14. The standard InChI is InChI=1S/C6H7N5OS/c1-3-7-5(12-10-3)9-6-8-4(2)11-13-6/h1-2H3,(H,7,8,9,10,11). The van der Waals surface area contributed by atoms with E-state index in [0.717, 1.165) is 5.82 Å². The van der Waals surface area contributed by atoms with Crippen LogP contribution in [-0.4, -0.2) is 19.5 Å². The van der Waals surface area contributed by atoms with Gasteiger partial charge in [-0.05, 0) is 13.8 Å². The molecule has 1 N–H and O–H groups in total. The molecule has 0 aliphatic carbocycles. The lowest BCUT2D eigenvalue weighted by Gasteiger charge is -1.90. The molecular weight excluding hydrogens is 190 g/mol. The maximum atomic E-state index is 4.84. The molecule has 0 fully saturated rings. The third-order valence-corrected chi connectivity index (χ3v) is 1.99. The Kier molecular flexibility index (Phi) is 1.93. The molecule has 2 aromatic heterocycles. The zero-order valence-electron chi connectivity index (χ0n) is 7.11. The van der Waals surface area contributed by atoms with Crippen molar-refractivity contribution in [3.8, 4) is 0 Å². The summed E-state index contributed by atoms with van der Waals surface area (Å²) in [6, 6.07) is 0.341. The zero-order chi connectivity index (χ0) is 9.26. The first-order valence-electron chi connectivity index (χ1n) is 3.62. The second-order valence-electron chi connectivity index (χ2n) is 2.42. The van der Waals surface area contributed by atoms with Gasteiger partial charge in [-0.2, -0.15) is 9.36 Å². The summed E-state index contributed by atoms with van der Waals surface area (Å²) < 4.78 is 8.84. The average Bonchev–Trinajstić information content (AvgIpc) is 2.62. The molecule has 2 rings (SSSR count). The van der Waals surface area contributed by atoms with Crippen molar-refractivity contribution in [1.29, 1.82) is 0 Å². The number of anilines is 2. The predicted octanol–water partition coefficient (Wildman–Crippen LogP) is 1.28. The van der Waals surface area contributed by atoms with Gasteiger partial charge < -0.3 is 4.52 Å². The largest absolute Gasteiger partial charge is 0.327 e. The van der Waals surface area contributed by atoms with E-state index in [1.807, 2.05) is 6.92 Å². The molecular formula is C6H7N5OS. The molecule has 68 valence electrons. The van der Waals surface area contributed by atoms with Crippen LogP contribution in [0.4, 0.5) is 11.1 Å². The van der Waals surface area contributed by atoms with Crippen molar-refractivity contribution in [2.75, 3.05) is 5.32 Å². The minimum atomic E-state index is 0.341. The maximum Gasteiger partial charge on any atom is 0.327 e. The summed E-state index contributed by atoms with van der Waals surface area (Å²) in [6.45, 7) is 3.57. The van der Waals surface area contributed by atoms with E-state index in [0.29, 0.717) is 17.0 Å². The first kappa shape index (κ1) is 8.11. The number of hydrogen-bond acceptors (Lipinski definition) is 7. The van der Waals surface area contributed by atoms with E-state index >= 15 is 0 Å². The molecule has 0 unspecified atom stereocenters. The molecule has 6 nitrogen and oxygen atoms in total. The summed E-state index contributed by atoms with van der Waals surface area (Å²) >= 11 is 1.25. The summed E-state index contributed by atoms with van der Waals surface area (Å²) in [7, 11) is 0. The van der Waals surface area contributed by atoms with Crippen molar-refractivity contribution in [1.82, 2.24) is 19.5 Å². The highest BCUT2D eigenvalue weighted by Crippen LogP contribution is 2.15. The lowest BCUT2D eigenvalue weighted by molar-refractivity contribution is 0.428. The maximum absolute atomic E-state index is 4.84. The van der Waals surface area contributed by atoms with E-state index in [2.05, 4.69) is 24.8 Å². The average molecular weight is 197 g/mol. The van der Waals surface area contributed by atoms with Crippen molar-refractivity contribution in [2.24, 2.45) is 0 Å². The Morgan fingerprint density at radius 1 is 1.23 bits per heavy atom. The van der Waals surface area contributed by atoms with E-state index in [-0.39, 0.29) is 0 Å². The van der Waals surface area contributed by atoms with Gasteiger partial charge in [-0.15, -0.1) is 0 Å². The number of aryl methyl sites for hydroxylation is 2. The third-order valence-electron chi connectivity index (χ3n) is 1.27. The van der Waals surface area contributed by atoms with Gasteiger partial charge in [-0.1, -0.05) is 5.16 Å². The number of nitrogens with zero attached hydrogens (tertiary/aromatic N) is 4. The third kappa shape index (κ3) is 1.81. The molecule has 0 amide bonds. The molecule has 0 aliphatic rings. The van der Waals surface area contributed by atoms with Crippen LogP contribution in [0.25, 0.3) is 0 Å². The molecule has 13 heavy (non-hydrogen) atoms. The fraction of sp³-hybridized carbons (Fsp3) is 0.333. The molecule has 0 saturated carbocycles. The summed E-state index contributed by atoms with van der Waals surface area (Å²) in [6.07, 6.45) is 0. The second-order valence-corrected chi connectivity index (χ2v) is 3.17. The summed E-state index contributed by atoms with van der Waals surface area (Å²) in [4.78, 5) is 8.05. The van der Waals surface area contributed by atoms with Crippen molar-refractivity contribution in [3.05, 3.63) is 11.6 Å². The van der Waals surface area contributed by atoms with Crippen LogP contribution < -0.4 is 5.32 Å². The van der Waals surface area contributed by atoms with Crippen LogP contribution in [0.5, 0.6) is 0 Å². The number of hydrogen-bond donors (Lipinski definition) is 1. The minimum absolute atomic E-state index is 0.341. The van der Waals surface area contributed by atoms with Crippen LogP contribution in [0, 0.1) is 13.8 Å². The van der Waals surface area contributed by atoms with Crippen LogP contribution in [0.15, 0.2) is 4.52 Å². The van der Waals surface area contributed by atoms with E-state index in [9.17, 15) is 0 Å². The summed E-state index contributed by atoms with van der Waals surface area (Å²) in [5.74, 6) is 1.31. The zero-order valence-corrected chi connectivity index (χ0v) is 7.92. The number of rotatable bonds is 2. The molecule has 0 saturated heterocycles. The normalized spacial score (nSPS) is 10.3. The van der Waals surface area contributed by atoms with Crippen LogP contribution >= 0.6 is 11.5 Å². The van der Waals surface area contributed by atoms with Crippen LogP contribution in [0.3, 0.4) is 0 Å². The summed E-state index contributed by atoms with van der Waals surface area (Å²) in [5, 5.41) is 7.13. The highest BCUT2D eigenvalue weighted by atomic mass is 32.1. The lowest BCUT2D eigenvalue weighted by atomic mass is 10.7. The molecule has 0 aromatic carbocycles. The van der Waals surface area contributed by atoms with Gasteiger partial charge in [0.1, 0.15) is 5.82 Å². The minimum Gasteiger partial charge on any atom is -0.315 e. The highest BCUT2D eigenvalue weighted by Gasteiger charge is 2.05. The molecule has 7 heteroatoms. The fourth-order valence-electron chi connectivity index (χ4n) is 0.787. The monoisotopic (exact) mass is 197 g/mol. The van der Waals surface area contributed by atoms with Gasteiger partial charge >= 0.3 is 6.01 Å². The Morgan fingerprint density at radius 3 is 2.62 bits per heavy atom. The Hall–Kier alpha value is -1.50. The molecule has 0 atom stereocenters. The Labute approximate surface area is 78.2 Å². The second kappa shape index (κ2) is 3.09. The van der Waals surface area contributed by atoms with Crippen LogP contribution in [0.1, 0.15) is 11.6 Å². The lowest BCUT2D eigenvalue weighted by Crippen LogP contribution is -1.89. The molecule has 2 aromatic rings. The molecule has 0 radical (unpaired) electrons. The van der Waals surface area contributed by atoms with Crippen molar-refractivity contribution < 1.29 is 4.52 Å². The summed E-state index contributed by atoms with van der Waals surface area (Å²) in [5.41, 5.74) is 0. The van der Waals surface area contributed by atoms with Gasteiger partial charge in [0.25, 0.3) is 0 Å². The first-order chi connectivity index (χ1) is 6.24. The van der Waals surface area contributed by atoms with E-state index in [1.165, 1.54) is 11.5 Å². The fourth-order valence-corrected chi connectivity index (χ4v) is 1.35. The SMILES string of the molecule is Cc1noc(Nc2nc(C)ns2)n1. The molecule has 2 heterocycles. The quantitative estimate of drug-likeness (QED) is 0.781. The molecule has 0 spiro atoms. The molecule has 0 bridgehead atoms. The van der Waals surface area contributed by atoms with Crippen molar-refractivity contribution in [3.63, 3.8) is 0 Å². The van der Waals surface area contributed by atoms with Gasteiger partial charge in [0.2, 0.25) is 5.13 Å². The van der Waals surface area contributed by atoms with Crippen molar-refractivity contribution in [2.45, 2.75) is 13.8 Å². The van der Waals surface area contributed by atoms with Crippen molar-refractivity contribution >= 4 is 22.7 Å². The van der Waals surface area contributed by atoms with Gasteiger partial charge in [0.15, 0.2) is 5.82 Å². The van der Waals surface area contributed by atoms with Gasteiger partial charge in [-0.3, -0.25) is 5.32 Å². The number of nitrogens with one attached hydrogen (secondary N) is 1. The number of aromatic nitrogens is 4. The van der Waals surface area contributed by atoms with E-state index in [4.69, 9.17) is 4.52 Å². The Bertz CT molecular complexity index is 370. The van der Waals surface area contributed by atoms with Crippen LogP contribution in [0.2, 0.25) is 0 Å². The smallest absolute Gasteiger partial charge is 0.315 e. The Morgan fingerprint density at radius 2 is 2.08 bits per heavy atom. The van der Waals surface area contributed by atoms with E-state index in [1.54, 1.807) is 6.92 Å².